The van der Waals surface area contributed by atoms with Gasteiger partial charge in [-0.05, 0) is 6.42 Å². The molecule has 0 heterocycles. The zero-order valence-corrected chi connectivity index (χ0v) is 6.22. The number of rotatable bonds is 3. The average molecular weight is 136 g/mol. The van der Waals surface area contributed by atoms with Crippen LogP contribution in [0, 0.1) is 5.41 Å². The Morgan fingerprint density at radius 3 is 2.70 bits per heavy atom. The first-order chi connectivity index (χ1) is 4.72. The zero-order chi connectivity index (χ0) is 7.98. The highest BCUT2D eigenvalue weighted by atomic mass is 14.8. The summed E-state index contributed by atoms with van der Waals surface area (Å²) in [6.07, 6.45) is 4.04. The fraction of sp³-hybridized carbons (Fsp3) is 0.250. The highest BCUT2D eigenvalue weighted by Gasteiger charge is 1.91. The van der Waals surface area contributed by atoms with Gasteiger partial charge in [0.25, 0.3) is 0 Å². The molecule has 0 aliphatic rings. The Morgan fingerprint density at radius 2 is 2.30 bits per heavy atom. The predicted molar refractivity (Wildman–Crippen MR) is 45.8 cm³/mol. The third-order valence-electron chi connectivity index (χ3n) is 0.954. The molecule has 1 N–H and O–H groups in total. The number of hydrogen-bond donors (Lipinski definition) is 1. The summed E-state index contributed by atoms with van der Waals surface area (Å²) in [6, 6.07) is 0. The summed E-state index contributed by atoms with van der Waals surface area (Å²) in [6.45, 7) is 9.01. The minimum Gasteiger partial charge on any atom is -0.282 e. The molecule has 0 aromatic rings. The summed E-state index contributed by atoms with van der Waals surface area (Å²) in [5.74, 6) is 0.192. The average Bonchev–Trinajstić information content (AvgIpc) is 1.98. The number of nitrogens with one attached hydrogen (secondary N) is 1. The van der Waals surface area contributed by atoms with E-state index in [9.17, 15) is 0 Å². The zero-order valence-electron chi connectivity index (χ0n) is 6.22. The molecular weight excluding hydrogens is 124 g/mol. The van der Waals surface area contributed by atoms with E-state index in [4.69, 9.17) is 5.41 Å². The van der Waals surface area contributed by atoms with Crippen LogP contribution in [-0.4, -0.2) is 12.1 Å². The minimum absolute atomic E-state index is 0.192. The van der Waals surface area contributed by atoms with Crippen LogP contribution in [0.25, 0.3) is 0 Å². The SMILES string of the molecule is C=CC(=C)C(=N)/N=C\CC. The van der Waals surface area contributed by atoms with Crippen LogP contribution in [0.5, 0.6) is 0 Å². The van der Waals surface area contributed by atoms with Crippen LogP contribution in [0.15, 0.2) is 29.8 Å². The molecular formula is C8H12N2. The lowest BCUT2D eigenvalue weighted by Gasteiger charge is -1.92. The first-order valence-electron chi connectivity index (χ1n) is 3.15. The van der Waals surface area contributed by atoms with Gasteiger partial charge in [0.2, 0.25) is 0 Å². The van der Waals surface area contributed by atoms with Crippen LogP contribution < -0.4 is 0 Å². The van der Waals surface area contributed by atoms with Gasteiger partial charge in [0.15, 0.2) is 5.84 Å². The molecule has 10 heavy (non-hydrogen) atoms. The van der Waals surface area contributed by atoms with Crippen molar-refractivity contribution >= 4 is 12.1 Å². The van der Waals surface area contributed by atoms with E-state index in [2.05, 4.69) is 18.2 Å². The molecule has 0 bridgehead atoms. The Morgan fingerprint density at radius 1 is 1.70 bits per heavy atom. The normalized spacial score (nSPS) is 9.70. The maximum Gasteiger partial charge on any atom is 0.150 e. The van der Waals surface area contributed by atoms with Gasteiger partial charge < -0.3 is 0 Å². The van der Waals surface area contributed by atoms with Crippen molar-refractivity contribution in [3.8, 4) is 0 Å². The Balaban J connectivity index is 3.97. The largest absolute Gasteiger partial charge is 0.282 e. The lowest BCUT2D eigenvalue weighted by molar-refractivity contribution is 1.31. The first-order valence-corrected chi connectivity index (χ1v) is 3.15. The van der Waals surface area contributed by atoms with Gasteiger partial charge in [-0.2, -0.15) is 0 Å². The third-order valence-corrected chi connectivity index (χ3v) is 0.954. The van der Waals surface area contributed by atoms with E-state index in [0.717, 1.165) is 6.42 Å². The van der Waals surface area contributed by atoms with Crippen LogP contribution in [0.2, 0.25) is 0 Å². The van der Waals surface area contributed by atoms with Crippen LogP contribution >= 0.6 is 0 Å². The smallest absolute Gasteiger partial charge is 0.150 e. The summed E-state index contributed by atoms with van der Waals surface area (Å²) in [4.78, 5) is 3.80. The Bertz CT molecular complexity index is 178. The molecule has 2 heteroatoms. The highest BCUT2D eigenvalue weighted by molar-refractivity contribution is 6.01. The van der Waals surface area contributed by atoms with Crippen LogP contribution in [-0.2, 0) is 0 Å². The fourth-order valence-corrected chi connectivity index (χ4v) is 0.362. The van der Waals surface area contributed by atoms with Crippen molar-refractivity contribution in [2.24, 2.45) is 4.99 Å². The maximum atomic E-state index is 7.23. The lowest BCUT2D eigenvalue weighted by Crippen LogP contribution is -1.92. The van der Waals surface area contributed by atoms with Crippen molar-refractivity contribution in [2.45, 2.75) is 13.3 Å². The molecule has 0 aromatic carbocycles. The molecule has 0 rings (SSSR count). The fourth-order valence-electron chi connectivity index (χ4n) is 0.362. The quantitative estimate of drug-likeness (QED) is 0.351. The minimum atomic E-state index is 0.192. The number of hydrogen-bond acceptors (Lipinski definition) is 1. The van der Waals surface area contributed by atoms with E-state index in [0.29, 0.717) is 5.57 Å². The standard InChI is InChI=1S/C8H12N2/c1-4-6-10-8(9)7(3)5-2/h5-6,9H,2-4H2,1H3/b9-8?,10-6-. The third kappa shape index (κ3) is 2.97. The molecule has 0 atom stereocenters. The Hall–Kier alpha value is -1.18. The molecule has 0 fully saturated rings. The molecule has 2 nitrogen and oxygen atoms in total. The van der Waals surface area contributed by atoms with E-state index >= 15 is 0 Å². The molecule has 0 saturated carbocycles. The second-order valence-corrected chi connectivity index (χ2v) is 1.80. The van der Waals surface area contributed by atoms with E-state index in [-0.39, 0.29) is 5.84 Å². The summed E-state index contributed by atoms with van der Waals surface area (Å²) in [7, 11) is 0. The van der Waals surface area contributed by atoms with E-state index in [1.165, 1.54) is 6.08 Å². The van der Waals surface area contributed by atoms with Crippen molar-refractivity contribution in [1.29, 1.82) is 5.41 Å². The van der Waals surface area contributed by atoms with Gasteiger partial charge in [-0.3, -0.25) is 5.41 Å². The second kappa shape index (κ2) is 4.68. The highest BCUT2D eigenvalue weighted by Crippen LogP contribution is 1.93. The van der Waals surface area contributed by atoms with Gasteiger partial charge in [-0.15, -0.1) is 0 Å². The van der Waals surface area contributed by atoms with Crippen LogP contribution in [0.1, 0.15) is 13.3 Å². The molecule has 0 radical (unpaired) electrons. The molecule has 0 aliphatic heterocycles. The number of aliphatic imine (C=N–C) groups is 1. The van der Waals surface area contributed by atoms with Gasteiger partial charge in [0.1, 0.15) is 0 Å². The van der Waals surface area contributed by atoms with Crippen LogP contribution in [0.3, 0.4) is 0 Å². The van der Waals surface area contributed by atoms with Crippen molar-refractivity contribution in [3.63, 3.8) is 0 Å². The van der Waals surface area contributed by atoms with Gasteiger partial charge in [-0.25, -0.2) is 4.99 Å². The summed E-state index contributed by atoms with van der Waals surface area (Å²) >= 11 is 0. The molecule has 0 aromatic heterocycles. The Kier molecular flexibility index (Phi) is 4.12. The van der Waals surface area contributed by atoms with E-state index < -0.39 is 0 Å². The molecule has 0 aliphatic carbocycles. The van der Waals surface area contributed by atoms with Gasteiger partial charge in [0, 0.05) is 11.8 Å². The Labute approximate surface area is 61.5 Å². The van der Waals surface area contributed by atoms with E-state index in [1.54, 1.807) is 6.21 Å². The second-order valence-electron chi connectivity index (χ2n) is 1.80. The van der Waals surface area contributed by atoms with Gasteiger partial charge >= 0.3 is 0 Å². The van der Waals surface area contributed by atoms with Gasteiger partial charge in [0.05, 0.1) is 0 Å². The topological polar surface area (TPSA) is 36.2 Å². The molecule has 0 amide bonds. The molecule has 0 saturated heterocycles. The summed E-state index contributed by atoms with van der Waals surface area (Å²) in [5.41, 5.74) is 0.560. The summed E-state index contributed by atoms with van der Waals surface area (Å²) < 4.78 is 0. The molecule has 0 unspecified atom stereocenters. The van der Waals surface area contributed by atoms with Crippen molar-refractivity contribution in [2.75, 3.05) is 0 Å². The first kappa shape index (κ1) is 8.82. The number of nitrogens with zero attached hydrogens (tertiary/aromatic N) is 1. The number of amidine groups is 1. The lowest BCUT2D eigenvalue weighted by atomic mass is 10.3. The van der Waals surface area contributed by atoms with Crippen molar-refractivity contribution < 1.29 is 0 Å². The molecule has 0 spiro atoms. The maximum absolute atomic E-state index is 7.23. The van der Waals surface area contributed by atoms with Gasteiger partial charge in [-0.1, -0.05) is 26.2 Å². The van der Waals surface area contributed by atoms with Crippen molar-refractivity contribution in [3.05, 3.63) is 24.8 Å². The van der Waals surface area contributed by atoms with Crippen molar-refractivity contribution in [1.82, 2.24) is 0 Å². The monoisotopic (exact) mass is 136 g/mol. The van der Waals surface area contributed by atoms with Crippen LogP contribution in [0.4, 0.5) is 0 Å². The van der Waals surface area contributed by atoms with E-state index in [1.807, 2.05) is 6.92 Å². The molecule has 54 valence electrons. The summed E-state index contributed by atoms with van der Waals surface area (Å²) in [5, 5.41) is 7.23. The predicted octanol–water partition coefficient (Wildman–Crippen LogP) is 2.19.